The second kappa shape index (κ2) is 11.1. The van der Waals surface area contributed by atoms with Crippen molar-refractivity contribution in [1.29, 1.82) is 0 Å². The first kappa shape index (κ1) is 27.9. The second-order valence-corrected chi connectivity index (χ2v) is 11.0. The lowest BCUT2D eigenvalue weighted by atomic mass is 9.77. The van der Waals surface area contributed by atoms with Crippen LogP contribution in [0.3, 0.4) is 0 Å². The van der Waals surface area contributed by atoms with Crippen molar-refractivity contribution in [2.75, 3.05) is 0 Å². The van der Waals surface area contributed by atoms with E-state index in [1.165, 1.54) is 52.6 Å². The number of nitro groups is 1. The predicted octanol–water partition coefficient (Wildman–Crippen LogP) is 5.75. The van der Waals surface area contributed by atoms with Gasteiger partial charge < -0.3 is 10.6 Å². The van der Waals surface area contributed by atoms with E-state index in [1.807, 2.05) is 18.4 Å². The Balaban J connectivity index is 1.82. The highest BCUT2D eigenvalue weighted by molar-refractivity contribution is 7.10. The maximum atomic E-state index is 14.5. The van der Waals surface area contributed by atoms with Crippen molar-refractivity contribution in [2.24, 2.45) is 11.7 Å². The fourth-order valence-corrected chi connectivity index (χ4v) is 6.91. The number of benzene rings is 3. The van der Waals surface area contributed by atoms with Crippen LogP contribution in [0, 0.1) is 35.7 Å². The van der Waals surface area contributed by atoms with E-state index in [1.54, 1.807) is 37.3 Å². The van der Waals surface area contributed by atoms with Crippen LogP contribution < -0.4 is 5.73 Å². The highest BCUT2D eigenvalue weighted by Gasteiger charge is 2.58. The van der Waals surface area contributed by atoms with Crippen LogP contribution in [0.25, 0.3) is 0 Å². The molecule has 4 atom stereocenters. The van der Waals surface area contributed by atoms with E-state index in [9.17, 15) is 28.9 Å². The van der Waals surface area contributed by atoms with Crippen LogP contribution in [0.15, 0.2) is 84.2 Å². The Morgan fingerprint density at radius 2 is 1.68 bits per heavy atom. The Kier molecular flexibility index (Phi) is 7.51. The summed E-state index contributed by atoms with van der Waals surface area (Å²) < 4.78 is 14.3. The molecule has 3 aromatic carbocycles. The van der Waals surface area contributed by atoms with Crippen molar-refractivity contribution in [2.45, 2.75) is 31.8 Å². The van der Waals surface area contributed by atoms with Gasteiger partial charge in [-0.05, 0) is 60.2 Å². The number of nitrogens with zero attached hydrogens (tertiary/aromatic N) is 2. The molecule has 41 heavy (non-hydrogen) atoms. The van der Waals surface area contributed by atoms with Crippen LogP contribution in [-0.2, 0) is 4.79 Å². The third-order valence-corrected chi connectivity index (χ3v) is 8.72. The SMILES string of the molecule is Cc1ccccc1C(=O)C1C(c2sccc2C)C(C(N)=O)N(C(=O)c2cccc(F)c2)C1c1cccc([N+](=O)[O-])c1. The molecule has 0 spiro atoms. The molecule has 5 rings (SSSR count). The number of ketones is 1. The van der Waals surface area contributed by atoms with Crippen LogP contribution in [0.1, 0.15) is 54.2 Å². The Bertz CT molecular complexity index is 1690. The Morgan fingerprint density at radius 3 is 2.32 bits per heavy atom. The molecule has 1 aromatic heterocycles. The Labute approximate surface area is 239 Å². The third-order valence-electron chi connectivity index (χ3n) is 7.60. The van der Waals surface area contributed by atoms with E-state index in [0.717, 1.165) is 11.6 Å². The van der Waals surface area contributed by atoms with Gasteiger partial charge in [-0.25, -0.2) is 4.39 Å². The molecule has 1 aliphatic rings. The van der Waals surface area contributed by atoms with Gasteiger partial charge in [0.25, 0.3) is 11.6 Å². The van der Waals surface area contributed by atoms with E-state index in [4.69, 9.17) is 5.73 Å². The van der Waals surface area contributed by atoms with E-state index < -0.39 is 46.5 Å². The zero-order valence-electron chi connectivity index (χ0n) is 22.2. The molecule has 2 heterocycles. The number of hydrogen-bond donors (Lipinski definition) is 1. The van der Waals surface area contributed by atoms with Gasteiger partial charge in [0.05, 0.1) is 16.9 Å². The average Bonchev–Trinajstić information content (AvgIpc) is 3.53. The van der Waals surface area contributed by atoms with E-state index in [2.05, 4.69) is 0 Å². The molecule has 8 nitrogen and oxygen atoms in total. The smallest absolute Gasteiger partial charge is 0.269 e. The summed E-state index contributed by atoms with van der Waals surface area (Å²) in [6, 6.07) is 17.1. The number of likely N-dealkylation sites (tertiary alicyclic amines) is 1. The first-order valence-corrected chi connectivity index (χ1v) is 13.7. The summed E-state index contributed by atoms with van der Waals surface area (Å²) in [5, 5.41) is 13.6. The van der Waals surface area contributed by atoms with Gasteiger partial charge in [0, 0.05) is 34.1 Å². The topological polar surface area (TPSA) is 124 Å². The van der Waals surface area contributed by atoms with Crippen molar-refractivity contribution in [3.63, 3.8) is 0 Å². The largest absolute Gasteiger partial charge is 0.368 e. The number of rotatable bonds is 7. The molecule has 0 bridgehead atoms. The number of carbonyl (C=O) groups is 3. The van der Waals surface area contributed by atoms with Crippen molar-refractivity contribution < 1.29 is 23.7 Å². The fourth-order valence-electron chi connectivity index (χ4n) is 5.81. The molecule has 1 aliphatic heterocycles. The molecule has 10 heteroatoms. The quantitative estimate of drug-likeness (QED) is 0.172. The summed E-state index contributed by atoms with van der Waals surface area (Å²) >= 11 is 1.34. The van der Waals surface area contributed by atoms with E-state index in [0.29, 0.717) is 21.6 Å². The minimum absolute atomic E-state index is 0.0441. The first-order chi connectivity index (χ1) is 19.6. The van der Waals surface area contributed by atoms with Crippen molar-refractivity contribution >= 4 is 34.6 Å². The third kappa shape index (κ3) is 5.02. The molecule has 1 fully saturated rings. The average molecular weight is 572 g/mol. The van der Waals surface area contributed by atoms with E-state index >= 15 is 0 Å². The van der Waals surface area contributed by atoms with Gasteiger partial charge >= 0.3 is 0 Å². The normalized spacial score (nSPS) is 20.1. The summed E-state index contributed by atoms with van der Waals surface area (Å²) in [4.78, 5) is 55.1. The van der Waals surface area contributed by atoms with Crippen LogP contribution in [0.2, 0.25) is 0 Å². The number of primary amides is 1. The summed E-state index contributed by atoms with van der Waals surface area (Å²) in [6.07, 6.45) is 0. The lowest BCUT2D eigenvalue weighted by Crippen LogP contribution is -2.46. The molecule has 2 N–H and O–H groups in total. The molecule has 0 radical (unpaired) electrons. The second-order valence-electron chi connectivity index (χ2n) is 10.1. The summed E-state index contributed by atoms with van der Waals surface area (Å²) in [6.45, 7) is 3.63. The molecule has 0 saturated carbocycles. The molecule has 2 amide bonds. The van der Waals surface area contributed by atoms with Crippen LogP contribution in [0.5, 0.6) is 0 Å². The van der Waals surface area contributed by atoms with Crippen LogP contribution in [0.4, 0.5) is 10.1 Å². The van der Waals surface area contributed by atoms with Crippen LogP contribution in [-0.4, -0.2) is 33.5 Å². The number of hydrogen-bond acceptors (Lipinski definition) is 6. The minimum Gasteiger partial charge on any atom is -0.368 e. The standard InChI is InChI=1S/C31H26FN3O5S/c1-17-7-3-4-12-23(17)28(36)24-25(29-18(2)13-14-41-29)27(30(33)37)34(31(38)20-9-5-10-21(32)15-20)26(24)19-8-6-11-22(16-19)35(39)40/h3-16,24-27H,1-2H3,(H2,33,37). The molecular weight excluding hydrogens is 545 g/mol. The summed E-state index contributed by atoms with van der Waals surface area (Å²) in [7, 11) is 0. The van der Waals surface area contributed by atoms with Gasteiger partial charge in [0.1, 0.15) is 11.9 Å². The molecule has 0 aliphatic carbocycles. The lowest BCUT2D eigenvalue weighted by Gasteiger charge is -2.31. The molecule has 208 valence electrons. The number of Topliss-reactive ketones (excluding diaryl/α,β-unsaturated/α-hetero) is 1. The van der Waals surface area contributed by atoms with Gasteiger partial charge in [0.15, 0.2) is 5.78 Å². The van der Waals surface area contributed by atoms with Gasteiger partial charge in [-0.2, -0.15) is 0 Å². The fraction of sp³-hybridized carbons (Fsp3) is 0.194. The molecular formula is C31H26FN3O5S. The number of amides is 2. The van der Waals surface area contributed by atoms with Gasteiger partial charge in [-0.15, -0.1) is 11.3 Å². The monoisotopic (exact) mass is 571 g/mol. The first-order valence-electron chi connectivity index (χ1n) is 12.9. The summed E-state index contributed by atoms with van der Waals surface area (Å²) in [5.74, 6) is -4.45. The van der Waals surface area contributed by atoms with Gasteiger partial charge in [-0.1, -0.05) is 42.5 Å². The van der Waals surface area contributed by atoms with Gasteiger partial charge in [-0.3, -0.25) is 24.5 Å². The highest BCUT2D eigenvalue weighted by atomic mass is 32.1. The maximum Gasteiger partial charge on any atom is 0.269 e. The Morgan fingerprint density at radius 1 is 0.951 bits per heavy atom. The van der Waals surface area contributed by atoms with Gasteiger partial charge in [0.2, 0.25) is 5.91 Å². The number of nitrogens with two attached hydrogens (primary N) is 1. The van der Waals surface area contributed by atoms with Crippen LogP contribution >= 0.6 is 11.3 Å². The maximum absolute atomic E-state index is 14.5. The molecule has 4 aromatic rings. The summed E-state index contributed by atoms with van der Waals surface area (Å²) in [5.41, 5.74) is 7.92. The minimum atomic E-state index is -1.30. The number of aryl methyl sites for hydroxylation is 2. The number of thiophene rings is 1. The zero-order valence-corrected chi connectivity index (χ0v) is 23.0. The van der Waals surface area contributed by atoms with Crippen molar-refractivity contribution in [3.05, 3.63) is 133 Å². The number of non-ortho nitro benzene ring substituents is 1. The number of halogens is 1. The lowest BCUT2D eigenvalue weighted by molar-refractivity contribution is -0.385. The zero-order chi connectivity index (χ0) is 29.4. The predicted molar refractivity (Wildman–Crippen MR) is 152 cm³/mol. The van der Waals surface area contributed by atoms with E-state index in [-0.39, 0.29) is 17.0 Å². The number of nitro benzene ring substituents is 1. The molecule has 4 unspecified atom stereocenters. The highest BCUT2D eigenvalue weighted by Crippen LogP contribution is 2.53. The number of carbonyl (C=O) groups excluding carboxylic acids is 3. The molecule has 1 saturated heterocycles. The van der Waals surface area contributed by atoms with Crippen molar-refractivity contribution in [1.82, 2.24) is 4.90 Å². The Hall–Kier alpha value is -4.70. The van der Waals surface area contributed by atoms with Crippen molar-refractivity contribution in [3.8, 4) is 0 Å².